The van der Waals surface area contributed by atoms with Gasteiger partial charge in [0.25, 0.3) is 0 Å². The van der Waals surface area contributed by atoms with Gasteiger partial charge in [-0.15, -0.1) is 11.6 Å². The Labute approximate surface area is 139 Å². The van der Waals surface area contributed by atoms with E-state index in [4.69, 9.17) is 0 Å². The number of nitrogens with zero attached hydrogens (tertiary/aromatic N) is 3. The minimum atomic E-state index is 0.588. The van der Waals surface area contributed by atoms with E-state index in [0.29, 0.717) is 12.0 Å². The molecule has 0 aromatic carbocycles. The Morgan fingerprint density at radius 3 is 2.87 bits per heavy atom. The molecule has 0 saturated heterocycles. The maximum Gasteiger partial charge on any atom is 0.359 e. The average Bonchev–Trinajstić information content (AvgIpc) is 2.83. The van der Waals surface area contributed by atoms with Crippen LogP contribution in [-0.4, -0.2) is 15.6 Å². The predicted octanol–water partition coefficient (Wildman–Crippen LogP) is 3.75. The summed E-state index contributed by atoms with van der Waals surface area (Å²) >= 11 is 0. The fraction of sp³-hybridized carbons (Fsp3) is 0.579. The standard InChI is InChI=1S/C19H29N4/c1-4-12-22-17(14-15(2)3)18(21-16-9-6-5-7-10-16)23-13-8-11-20-19(22)23/h4,8,11,13,15-16,21H,1,5-7,9-10,12,14H2,2-3H3/q+1. The first kappa shape index (κ1) is 16.0. The summed E-state index contributed by atoms with van der Waals surface area (Å²) in [6, 6.07) is 2.60. The fourth-order valence-corrected chi connectivity index (χ4v) is 3.63. The van der Waals surface area contributed by atoms with E-state index >= 15 is 0 Å². The summed E-state index contributed by atoms with van der Waals surface area (Å²) in [5.41, 5.74) is 1.35. The molecule has 23 heavy (non-hydrogen) atoms. The van der Waals surface area contributed by atoms with E-state index < -0.39 is 0 Å². The van der Waals surface area contributed by atoms with Crippen molar-refractivity contribution in [2.45, 2.75) is 65.0 Å². The maximum atomic E-state index is 4.62. The average molecular weight is 313 g/mol. The lowest BCUT2D eigenvalue weighted by Crippen LogP contribution is -2.31. The smallest absolute Gasteiger partial charge is 0.316 e. The highest BCUT2D eigenvalue weighted by Gasteiger charge is 2.27. The Balaban J connectivity index is 2.06. The number of fused-ring (bicyclic) bond motifs is 1. The molecule has 124 valence electrons. The number of imidazole rings is 1. The number of aromatic nitrogens is 3. The van der Waals surface area contributed by atoms with Crippen molar-refractivity contribution in [3.63, 3.8) is 0 Å². The first-order valence-corrected chi connectivity index (χ1v) is 8.96. The molecular weight excluding hydrogens is 284 g/mol. The molecule has 4 nitrogen and oxygen atoms in total. The number of anilines is 1. The highest BCUT2D eigenvalue weighted by molar-refractivity contribution is 5.44. The SMILES string of the molecule is C=CCn1c(CC(C)C)c(NC2CCCCC2)[n+]2cccnc12. The molecule has 0 bridgehead atoms. The van der Waals surface area contributed by atoms with Crippen LogP contribution in [0, 0.1) is 5.92 Å². The molecule has 1 aliphatic carbocycles. The maximum absolute atomic E-state index is 4.62. The van der Waals surface area contributed by atoms with Crippen molar-refractivity contribution < 1.29 is 4.40 Å². The third-order valence-corrected chi connectivity index (χ3v) is 4.67. The van der Waals surface area contributed by atoms with Gasteiger partial charge in [0.05, 0.1) is 25.0 Å². The summed E-state index contributed by atoms with van der Waals surface area (Å²) in [6.07, 6.45) is 13.6. The molecule has 2 aromatic rings. The van der Waals surface area contributed by atoms with Crippen molar-refractivity contribution in [3.8, 4) is 0 Å². The molecule has 1 aliphatic rings. The molecular formula is C19H29N4+. The van der Waals surface area contributed by atoms with Crippen molar-refractivity contribution >= 4 is 11.6 Å². The van der Waals surface area contributed by atoms with Crippen LogP contribution in [0.5, 0.6) is 0 Å². The van der Waals surface area contributed by atoms with E-state index in [1.54, 1.807) is 0 Å². The van der Waals surface area contributed by atoms with E-state index in [2.05, 4.69) is 45.9 Å². The molecule has 0 aliphatic heterocycles. The lowest BCUT2D eigenvalue weighted by atomic mass is 9.95. The minimum absolute atomic E-state index is 0.588. The van der Waals surface area contributed by atoms with Crippen molar-refractivity contribution in [1.29, 1.82) is 0 Å². The molecule has 3 rings (SSSR count). The third kappa shape index (κ3) is 3.41. The van der Waals surface area contributed by atoms with Gasteiger partial charge in [0.1, 0.15) is 5.69 Å². The highest BCUT2D eigenvalue weighted by Crippen LogP contribution is 2.25. The van der Waals surface area contributed by atoms with Crippen molar-refractivity contribution in [2.24, 2.45) is 5.92 Å². The predicted molar refractivity (Wildman–Crippen MR) is 94.6 cm³/mol. The van der Waals surface area contributed by atoms with Crippen molar-refractivity contribution in [1.82, 2.24) is 9.55 Å². The van der Waals surface area contributed by atoms with Crippen LogP contribution < -0.4 is 9.72 Å². The van der Waals surface area contributed by atoms with Gasteiger partial charge >= 0.3 is 5.78 Å². The largest absolute Gasteiger partial charge is 0.359 e. The highest BCUT2D eigenvalue weighted by atomic mass is 15.2. The molecule has 0 amide bonds. The summed E-state index contributed by atoms with van der Waals surface area (Å²) in [5.74, 6) is 2.84. The van der Waals surface area contributed by atoms with Crippen LogP contribution in [0.25, 0.3) is 5.78 Å². The van der Waals surface area contributed by atoms with Gasteiger partial charge < -0.3 is 5.32 Å². The van der Waals surface area contributed by atoms with Gasteiger partial charge in [-0.05, 0) is 24.8 Å². The van der Waals surface area contributed by atoms with Gasteiger partial charge in [0, 0.05) is 6.42 Å². The number of nitrogens with one attached hydrogen (secondary N) is 1. The Morgan fingerprint density at radius 2 is 2.17 bits per heavy atom. The van der Waals surface area contributed by atoms with Gasteiger partial charge in [0.2, 0.25) is 5.82 Å². The van der Waals surface area contributed by atoms with Crippen LogP contribution in [0.2, 0.25) is 0 Å². The van der Waals surface area contributed by atoms with E-state index in [0.717, 1.165) is 18.7 Å². The van der Waals surface area contributed by atoms with Crippen LogP contribution in [0.3, 0.4) is 0 Å². The summed E-state index contributed by atoms with van der Waals surface area (Å²) in [7, 11) is 0. The van der Waals surface area contributed by atoms with E-state index in [9.17, 15) is 0 Å². The van der Waals surface area contributed by atoms with Gasteiger partial charge in [-0.25, -0.2) is 4.57 Å². The minimum Gasteiger partial charge on any atom is -0.316 e. The fourth-order valence-electron chi connectivity index (χ4n) is 3.63. The number of hydrogen-bond donors (Lipinski definition) is 1. The van der Waals surface area contributed by atoms with Gasteiger partial charge in [-0.1, -0.05) is 39.2 Å². The van der Waals surface area contributed by atoms with E-state index in [1.165, 1.54) is 43.6 Å². The summed E-state index contributed by atoms with van der Waals surface area (Å²) in [4.78, 5) is 4.62. The normalized spacial score (nSPS) is 16.1. The van der Waals surface area contributed by atoms with Crippen LogP contribution in [0.4, 0.5) is 5.82 Å². The van der Waals surface area contributed by atoms with Crippen LogP contribution in [-0.2, 0) is 13.0 Å². The lowest BCUT2D eigenvalue weighted by molar-refractivity contribution is -0.498. The second-order valence-electron chi connectivity index (χ2n) is 7.06. The second kappa shape index (κ2) is 7.16. The molecule has 1 saturated carbocycles. The molecule has 1 fully saturated rings. The van der Waals surface area contributed by atoms with Crippen LogP contribution in [0.1, 0.15) is 51.6 Å². The quantitative estimate of drug-likeness (QED) is 0.651. The zero-order valence-electron chi connectivity index (χ0n) is 14.5. The topological polar surface area (TPSA) is 34.0 Å². The number of allylic oxidation sites excluding steroid dienone is 1. The van der Waals surface area contributed by atoms with Gasteiger partial charge in [0.15, 0.2) is 0 Å². The Bertz CT molecular complexity index is 665. The molecule has 2 heterocycles. The summed E-state index contributed by atoms with van der Waals surface area (Å²) in [6.45, 7) is 9.28. The van der Waals surface area contributed by atoms with E-state index in [1.807, 2.05) is 18.3 Å². The van der Waals surface area contributed by atoms with Crippen molar-refractivity contribution in [3.05, 3.63) is 36.8 Å². The molecule has 1 N–H and O–H groups in total. The summed E-state index contributed by atoms with van der Waals surface area (Å²) in [5, 5.41) is 3.84. The first-order chi connectivity index (χ1) is 11.2. The first-order valence-electron chi connectivity index (χ1n) is 8.96. The zero-order valence-corrected chi connectivity index (χ0v) is 14.5. The van der Waals surface area contributed by atoms with Crippen LogP contribution in [0.15, 0.2) is 31.1 Å². The molecule has 0 radical (unpaired) electrons. The van der Waals surface area contributed by atoms with E-state index in [-0.39, 0.29) is 0 Å². The Morgan fingerprint density at radius 1 is 1.39 bits per heavy atom. The van der Waals surface area contributed by atoms with Gasteiger partial charge in [-0.2, -0.15) is 4.40 Å². The molecule has 0 unspecified atom stereocenters. The molecule has 0 atom stereocenters. The summed E-state index contributed by atoms with van der Waals surface area (Å²) < 4.78 is 4.52. The van der Waals surface area contributed by atoms with Crippen LogP contribution >= 0.6 is 0 Å². The zero-order chi connectivity index (χ0) is 16.2. The Hall–Kier alpha value is -1.84. The second-order valence-corrected chi connectivity index (χ2v) is 7.06. The number of hydrogen-bond acceptors (Lipinski definition) is 2. The van der Waals surface area contributed by atoms with Crippen molar-refractivity contribution in [2.75, 3.05) is 5.32 Å². The molecule has 4 heteroatoms. The Kier molecular flexibility index (Phi) is 4.99. The molecule has 2 aromatic heterocycles. The third-order valence-electron chi connectivity index (χ3n) is 4.67. The van der Waals surface area contributed by atoms with Gasteiger partial charge in [-0.3, -0.25) is 0 Å². The lowest BCUT2D eigenvalue weighted by Gasteiger charge is -2.21. The molecule has 0 spiro atoms. The number of rotatable bonds is 6. The monoisotopic (exact) mass is 313 g/mol.